The van der Waals surface area contributed by atoms with Crippen LogP contribution in [0.15, 0.2) is 51.4 Å². The number of para-hydroxylation sites is 1. The molecule has 1 aromatic carbocycles. The summed E-state index contributed by atoms with van der Waals surface area (Å²) >= 11 is 2.87. The average molecular weight is 469 g/mol. The van der Waals surface area contributed by atoms with E-state index in [1.165, 1.54) is 23.1 Å². The van der Waals surface area contributed by atoms with Gasteiger partial charge in [0.1, 0.15) is 5.82 Å². The molecule has 0 aliphatic carbocycles. The molecule has 0 saturated heterocycles. The molecule has 0 fully saturated rings. The molecule has 10 heteroatoms. The summed E-state index contributed by atoms with van der Waals surface area (Å²) in [6, 6.07) is 11.7. The molecular weight excluding hydrogens is 444 g/mol. The highest BCUT2D eigenvalue weighted by Gasteiger charge is 2.19. The molecule has 3 aromatic heterocycles. The molecule has 1 amide bonds. The van der Waals surface area contributed by atoms with Crippen LogP contribution in [0.25, 0.3) is 21.7 Å². The van der Waals surface area contributed by atoms with Gasteiger partial charge in [-0.25, -0.2) is 9.97 Å². The SMILES string of the molecule is CCCN(Cc1nnc(-c2cccs2)o1)C(=O)CSc1nc(NCC)c2ccccc2n1. The maximum absolute atomic E-state index is 13.0. The van der Waals surface area contributed by atoms with Gasteiger partial charge in [-0.1, -0.05) is 36.9 Å². The van der Waals surface area contributed by atoms with Crippen molar-refractivity contribution in [2.45, 2.75) is 32.0 Å². The number of rotatable bonds is 10. The first-order valence-electron chi connectivity index (χ1n) is 10.5. The highest BCUT2D eigenvalue weighted by atomic mass is 32.2. The number of fused-ring (bicyclic) bond motifs is 1. The van der Waals surface area contributed by atoms with Crippen LogP contribution in [0, 0.1) is 0 Å². The Morgan fingerprint density at radius 1 is 1.16 bits per heavy atom. The predicted octanol–water partition coefficient (Wildman–Crippen LogP) is 4.70. The van der Waals surface area contributed by atoms with E-state index in [1.807, 2.05) is 55.6 Å². The number of nitrogens with one attached hydrogen (secondary N) is 1. The third kappa shape index (κ3) is 5.25. The largest absolute Gasteiger partial charge is 0.418 e. The van der Waals surface area contributed by atoms with Gasteiger partial charge in [-0.15, -0.1) is 21.5 Å². The quantitative estimate of drug-likeness (QED) is 0.264. The summed E-state index contributed by atoms with van der Waals surface area (Å²) in [7, 11) is 0. The predicted molar refractivity (Wildman–Crippen MR) is 128 cm³/mol. The van der Waals surface area contributed by atoms with E-state index in [4.69, 9.17) is 4.42 Å². The van der Waals surface area contributed by atoms with Gasteiger partial charge in [0.15, 0.2) is 5.16 Å². The Bertz CT molecular complexity index is 1180. The van der Waals surface area contributed by atoms with Crippen molar-refractivity contribution in [1.82, 2.24) is 25.1 Å². The monoisotopic (exact) mass is 468 g/mol. The van der Waals surface area contributed by atoms with Crippen molar-refractivity contribution in [2.75, 3.05) is 24.2 Å². The Balaban J connectivity index is 1.44. The van der Waals surface area contributed by atoms with E-state index in [1.54, 1.807) is 4.90 Å². The number of thioether (sulfide) groups is 1. The minimum atomic E-state index is -0.0190. The van der Waals surface area contributed by atoms with Gasteiger partial charge in [0, 0.05) is 18.5 Å². The molecule has 0 unspecified atom stereocenters. The number of amides is 1. The molecule has 0 aliphatic rings. The van der Waals surface area contributed by atoms with Gasteiger partial charge < -0.3 is 14.6 Å². The lowest BCUT2D eigenvalue weighted by Crippen LogP contribution is -2.32. The van der Waals surface area contributed by atoms with Crippen LogP contribution in [0.2, 0.25) is 0 Å². The molecule has 32 heavy (non-hydrogen) atoms. The van der Waals surface area contributed by atoms with Crippen molar-refractivity contribution in [3.63, 3.8) is 0 Å². The molecule has 3 heterocycles. The fraction of sp³-hybridized carbons (Fsp3) is 0.318. The molecule has 4 aromatic rings. The molecule has 1 N–H and O–H groups in total. The van der Waals surface area contributed by atoms with Gasteiger partial charge in [-0.05, 0) is 36.9 Å². The van der Waals surface area contributed by atoms with E-state index in [-0.39, 0.29) is 18.2 Å². The minimum absolute atomic E-state index is 0.0190. The Morgan fingerprint density at radius 2 is 2.03 bits per heavy atom. The van der Waals surface area contributed by atoms with Gasteiger partial charge in [-0.2, -0.15) is 0 Å². The summed E-state index contributed by atoms with van der Waals surface area (Å²) in [5.74, 6) is 1.90. The van der Waals surface area contributed by atoms with E-state index < -0.39 is 0 Å². The van der Waals surface area contributed by atoms with Crippen molar-refractivity contribution in [1.29, 1.82) is 0 Å². The van der Waals surface area contributed by atoms with E-state index in [0.29, 0.717) is 23.5 Å². The highest BCUT2D eigenvalue weighted by molar-refractivity contribution is 7.99. The van der Waals surface area contributed by atoms with Gasteiger partial charge in [0.2, 0.25) is 11.8 Å². The van der Waals surface area contributed by atoms with Gasteiger partial charge in [0.05, 0.1) is 22.7 Å². The second-order valence-electron chi connectivity index (χ2n) is 6.98. The first-order chi connectivity index (χ1) is 15.7. The van der Waals surface area contributed by atoms with Gasteiger partial charge in [-0.3, -0.25) is 4.79 Å². The Labute approximate surface area is 194 Å². The van der Waals surface area contributed by atoms with Crippen LogP contribution in [0.4, 0.5) is 5.82 Å². The van der Waals surface area contributed by atoms with Crippen LogP contribution in [0.5, 0.6) is 0 Å². The summed E-state index contributed by atoms with van der Waals surface area (Å²) in [5.41, 5.74) is 0.853. The molecule has 166 valence electrons. The van der Waals surface area contributed by atoms with E-state index in [9.17, 15) is 4.79 Å². The van der Waals surface area contributed by atoms with E-state index in [0.717, 1.165) is 34.6 Å². The molecule has 8 nitrogen and oxygen atoms in total. The van der Waals surface area contributed by atoms with Crippen molar-refractivity contribution < 1.29 is 9.21 Å². The van der Waals surface area contributed by atoms with Crippen molar-refractivity contribution in [3.05, 3.63) is 47.7 Å². The van der Waals surface area contributed by atoms with Gasteiger partial charge in [0.25, 0.3) is 5.89 Å². The van der Waals surface area contributed by atoms with Crippen LogP contribution < -0.4 is 5.32 Å². The van der Waals surface area contributed by atoms with Crippen molar-refractivity contribution >= 4 is 45.7 Å². The normalized spacial score (nSPS) is 11.1. The van der Waals surface area contributed by atoms with Crippen LogP contribution >= 0.6 is 23.1 Å². The average Bonchev–Trinajstić information content (AvgIpc) is 3.49. The third-order valence-electron chi connectivity index (χ3n) is 4.62. The summed E-state index contributed by atoms with van der Waals surface area (Å²) in [5, 5.41) is 15.0. The number of hydrogen-bond donors (Lipinski definition) is 1. The van der Waals surface area contributed by atoms with Crippen LogP contribution in [-0.2, 0) is 11.3 Å². The smallest absolute Gasteiger partial charge is 0.257 e. The Morgan fingerprint density at radius 3 is 2.81 bits per heavy atom. The number of carbonyl (C=O) groups excluding carboxylic acids is 1. The van der Waals surface area contributed by atoms with Crippen LogP contribution in [-0.4, -0.2) is 49.8 Å². The zero-order chi connectivity index (χ0) is 22.3. The third-order valence-corrected chi connectivity index (χ3v) is 6.31. The first kappa shape index (κ1) is 22.2. The summed E-state index contributed by atoms with van der Waals surface area (Å²) < 4.78 is 5.76. The molecule has 0 atom stereocenters. The van der Waals surface area contributed by atoms with Crippen molar-refractivity contribution in [2.24, 2.45) is 0 Å². The number of nitrogens with zero attached hydrogens (tertiary/aromatic N) is 5. The lowest BCUT2D eigenvalue weighted by molar-refractivity contribution is -0.129. The molecule has 0 spiro atoms. The lowest BCUT2D eigenvalue weighted by atomic mass is 10.2. The summed E-state index contributed by atoms with van der Waals surface area (Å²) in [4.78, 5) is 24.8. The van der Waals surface area contributed by atoms with E-state index in [2.05, 4.69) is 25.5 Å². The zero-order valence-electron chi connectivity index (χ0n) is 17.9. The molecule has 0 radical (unpaired) electrons. The molecule has 4 rings (SSSR count). The second kappa shape index (κ2) is 10.6. The fourth-order valence-corrected chi connectivity index (χ4v) is 4.58. The molecule has 0 saturated carbocycles. The second-order valence-corrected chi connectivity index (χ2v) is 8.87. The summed E-state index contributed by atoms with van der Waals surface area (Å²) in [6.07, 6.45) is 0.833. The molecule has 0 bridgehead atoms. The number of aromatic nitrogens is 4. The van der Waals surface area contributed by atoms with Gasteiger partial charge >= 0.3 is 0 Å². The minimum Gasteiger partial charge on any atom is -0.418 e. The van der Waals surface area contributed by atoms with Crippen LogP contribution in [0.3, 0.4) is 0 Å². The number of anilines is 1. The topological polar surface area (TPSA) is 97.0 Å². The van der Waals surface area contributed by atoms with Crippen molar-refractivity contribution in [3.8, 4) is 10.8 Å². The Hall–Kier alpha value is -2.98. The number of thiophene rings is 1. The fourth-order valence-electron chi connectivity index (χ4n) is 3.18. The Kier molecular flexibility index (Phi) is 7.33. The first-order valence-corrected chi connectivity index (χ1v) is 12.3. The lowest BCUT2D eigenvalue weighted by Gasteiger charge is -2.20. The number of hydrogen-bond acceptors (Lipinski definition) is 9. The highest BCUT2D eigenvalue weighted by Crippen LogP contribution is 2.25. The summed E-state index contributed by atoms with van der Waals surface area (Å²) in [6.45, 7) is 5.71. The van der Waals surface area contributed by atoms with E-state index >= 15 is 0 Å². The maximum Gasteiger partial charge on any atom is 0.257 e. The zero-order valence-corrected chi connectivity index (χ0v) is 19.6. The standard InChI is InChI=1S/C22H24N6O2S2/c1-3-11-28(13-18-26-27-21(30-18)17-10-7-12-31-17)19(29)14-32-22-24-16-9-6-5-8-15(16)20(25-22)23-4-2/h5-10,12H,3-4,11,13-14H2,1-2H3,(H,23,24,25). The number of carbonyl (C=O) groups is 1. The van der Waals surface area contributed by atoms with Crippen LogP contribution in [0.1, 0.15) is 26.2 Å². The molecule has 0 aliphatic heterocycles. The number of benzene rings is 1. The molecular formula is C22H24N6O2S2. The maximum atomic E-state index is 13.0.